The van der Waals surface area contributed by atoms with Gasteiger partial charge in [0, 0.05) is 6.04 Å². The lowest BCUT2D eigenvalue weighted by Gasteiger charge is -2.38. The van der Waals surface area contributed by atoms with Gasteiger partial charge in [-0.15, -0.1) is 0 Å². The molecule has 0 bridgehead atoms. The largest absolute Gasteiger partial charge is 0.343 e. The van der Waals surface area contributed by atoms with Crippen molar-refractivity contribution in [2.75, 3.05) is 6.54 Å². The number of hydrogen-bond donors (Lipinski definition) is 1. The van der Waals surface area contributed by atoms with Crippen LogP contribution in [0.3, 0.4) is 0 Å². The van der Waals surface area contributed by atoms with E-state index in [-0.39, 0.29) is 36.4 Å². The van der Waals surface area contributed by atoms with Gasteiger partial charge < -0.3 is 10.2 Å². The summed E-state index contributed by atoms with van der Waals surface area (Å²) in [6.45, 7) is 6.23. The summed E-state index contributed by atoms with van der Waals surface area (Å²) in [5.74, 6) is 1.00. The van der Waals surface area contributed by atoms with Crippen LogP contribution >= 0.6 is 0 Å². The van der Waals surface area contributed by atoms with Gasteiger partial charge >= 0.3 is 0 Å². The van der Waals surface area contributed by atoms with Crippen LogP contribution in [0.25, 0.3) is 0 Å². The number of amides is 2. The highest BCUT2D eigenvalue weighted by Crippen LogP contribution is 2.35. The first-order valence-corrected chi connectivity index (χ1v) is 6.59. The molecule has 1 saturated heterocycles. The van der Waals surface area contributed by atoms with Crippen molar-refractivity contribution in [3.63, 3.8) is 0 Å². The summed E-state index contributed by atoms with van der Waals surface area (Å²) < 4.78 is 0. The number of nitrogens with one attached hydrogen (secondary N) is 1. The topological polar surface area (TPSA) is 49.4 Å². The van der Waals surface area contributed by atoms with Crippen LogP contribution in [-0.2, 0) is 9.59 Å². The number of hydrogen-bond acceptors (Lipinski definition) is 2. The minimum atomic E-state index is -0.335. The summed E-state index contributed by atoms with van der Waals surface area (Å²) in [6.07, 6.45) is 3.61. The molecule has 1 aliphatic carbocycles. The second-order valence-electron chi connectivity index (χ2n) is 5.78. The van der Waals surface area contributed by atoms with Gasteiger partial charge in [0.2, 0.25) is 11.8 Å². The standard InChI is InChI=1S/C13H22N2O2/c1-8(2)12-13(17)15(7-11(16)14-12)9(3)6-10-4-5-10/h8-10,12H,4-7H2,1-3H3,(H,14,16). The molecule has 2 rings (SSSR count). The highest BCUT2D eigenvalue weighted by molar-refractivity contribution is 5.95. The lowest BCUT2D eigenvalue weighted by Crippen LogP contribution is -2.61. The predicted molar refractivity (Wildman–Crippen MR) is 65.3 cm³/mol. The van der Waals surface area contributed by atoms with Crippen molar-refractivity contribution in [3.05, 3.63) is 0 Å². The quantitative estimate of drug-likeness (QED) is 0.799. The van der Waals surface area contributed by atoms with E-state index in [1.807, 2.05) is 13.8 Å². The van der Waals surface area contributed by atoms with E-state index in [0.717, 1.165) is 12.3 Å². The zero-order chi connectivity index (χ0) is 12.6. The maximum absolute atomic E-state index is 12.3. The molecule has 1 heterocycles. The summed E-state index contributed by atoms with van der Waals surface area (Å²) in [4.78, 5) is 25.7. The average Bonchev–Trinajstić information content (AvgIpc) is 3.04. The van der Waals surface area contributed by atoms with E-state index in [0.29, 0.717) is 0 Å². The zero-order valence-corrected chi connectivity index (χ0v) is 10.9. The number of carbonyl (C=O) groups is 2. The molecule has 17 heavy (non-hydrogen) atoms. The molecule has 2 amide bonds. The Balaban J connectivity index is 2.03. The Morgan fingerprint density at radius 2 is 1.94 bits per heavy atom. The van der Waals surface area contributed by atoms with Crippen molar-refractivity contribution >= 4 is 11.8 Å². The SMILES string of the molecule is CC(C)C1NC(=O)CN(C(C)CC2CC2)C1=O. The van der Waals surface area contributed by atoms with Crippen molar-refractivity contribution in [2.24, 2.45) is 11.8 Å². The van der Waals surface area contributed by atoms with Crippen LogP contribution in [0, 0.1) is 11.8 Å². The van der Waals surface area contributed by atoms with E-state index in [9.17, 15) is 9.59 Å². The summed E-state index contributed by atoms with van der Waals surface area (Å²) in [7, 11) is 0. The summed E-state index contributed by atoms with van der Waals surface area (Å²) in [5, 5.41) is 2.79. The van der Waals surface area contributed by atoms with Crippen LogP contribution in [0.4, 0.5) is 0 Å². The fraction of sp³-hybridized carbons (Fsp3) is 0.846. The second-order valence-corrected chi connectivity index (χ2v) is 5.78. The van der Waals surface area contributed by atoms with E-state index in [1.54, 1.807) is 4.90 Å². The molecule has 0 aromatic heterocycles. The Kier molecular flexibility index (Phi) is 3.40. The lowest BCUT2D eigenvalue weighted by atomic mass is 9.98. The molecule has 2 fully saturated rings. The molecule has 2 unspecified atom stereocenters. The number of rotatable bonds is 4. The molecular formula is C13H22N2O2. The van der Waals surface area contributed by atoms with Gasteiger partial charge in [-0.05, 0) is 25.2 Å². The molecule has 0 aromatic carbocycles. The van der Waals surface area contributed by atoms with Crippen molar-refractivity contribution < 1.29 is 9.59 Å². The van der Waals surface area contributed by atoms with E-state index in [1.165, 1.54) is 12.8 Å². The second kappa shape index (κ2) is 4.67. The Bertz CT molecular complexity index is 323. The highest BCUT2D eigenvalue weighted by Gasteiger charge is 2.38. The van der Waals surface area contributed by atoms with Gasteiger partial charge in [0.25, 0.3) is 0 Å². The van der Waals surface area contributed by atoms with Crippen molar-refractivity contribution in [2.45, 2.75) is 52.1 Å². The first-order valence-electron chi connectivity index (χ1n) is 6.59. The van der Waals surface area contributed by atoms with E-state index < -0.39 is 0 Å². The molecule has 4 heteroatoms. The molecule has 2 atom stereocenters. The van der Waals surface area contributed by atoms with Gasteiger partial charge in [0.1, 0.15) is 6.04 Å². The van der Waals surface area contributed by atoms with Crippen LogP contribution in [0.1, 0.15) is 40.0 Å². The van der Waals surface area contributed by atoms with Gasteiger partial charge in [0.05, 0.1) is 6.54 Å². The molecule has 2 aliphatic rings. The van der Waals surface area contributed by atoms with Crippen molar-refractivity contribution in [3.8, 4) is 0 Å². The Labute approximate surface area is 103 Å². The van der Waals surface area contributed by atoms with Gasteiger partial charge in [-0.3, -0.25) is 9.59 Å². The van der Waals surface area contributed by atoms with Crippen molar-refractivity contribution in [1.82, 2.24) is 10.2 Å². The minimum Gasteiger partial charge on any atom is -0.343 e. The summed E-state index contributed by atoms with van der Waals surface area (Å²) in [6, 6.07) is -0.139. The normalized spacial score (nSPS) is 27.3. The molecule has 4 nitrogen and oxygen atoms in total. The third-order valence-corrected chi connectivity index (χ3v) is 3.75. The van der Waals surface area contributed by atoms with Gasteiger partial charge in [-0.25, -0.2) is 0 Å². The van der Waals surface area contributed by atoms with Crippen molar-refractivity contribution in [1.29, 1.82) is 0 Å². The third-order valence-electron chi connectivity index (χ3n) is 3.75. The summed E-state index contributed by atoms with van der Waals surface area (Å²) >= 11 is 0. The smallest absolute Gasteiger partial charge is 0.246 e. The highest BCUT2D eigenvalue weighted by atomic mass is 16.2. The predicted octanol–water partition coefficient (Wildman–Crippen LogP) is 1.16. The van der Waals surface area contributed by atoms with Crippen LogP contribution in [0.15, 0.2) is 0 Å². The van der Waals surface area contributed by atoms with Crippen LogP contribution in [0.2, 0.25) is 0 Å². The van der Waals surface area contributed by atoms with E-state index in [2.05, 4.69) is 12.2 Å². The van der Waals surface area contributed by atoms with E-state index in [4.69, 9.17) is 0 Å². The molecule has 1 aliphatic heterocycles. The molecular weight excluding hydrogens is 216 g/mol. The molecule has 1 N–H and O–H groups in total. The van der Waals surface area contributed by atoms with Crippen LogP contribution < -0.4 is 5.32 Å². The third kappa shape index (κ3) is 2.79. The zero-order valence-electron chi connectivity index (χ0n) is 10.9. The minimum absolute atomic E-state index is 0.0223. The number of nitrogens with zero attached hydrogens (tertiary/aromatic N) is 1. The fourth-order valence-electron chi connectivity index (χ4n) is 2.48. The van der Waals surface area contributed by atoms with Gasteiger partial charge in [-0.1, -0.05) is 26.7 Å². The lowest BCUT2D eigenvalue weighted by molar-refractivity contribution is -0.147. The average molecular weight is 238 g/mol. The van der Waals surface area contributed by atoms with Crippen LogP contribution in [0.5, 0.6) is 0 Å². The molecule has 0 aromatic rings. The first kappa shape index (κ1) is 12.4. The number of piperazine rings is 1. The maximum Gasteiger partial charge on any atom is 0.246 e. The van der Waals surface area contributed by atoms with Gasteiger partial charge in [0.15, 0.2) is 0 Å². The Morgan fingerprint density at radius 3 is 2.47 bits per heavy atom. The molecule has 0 spiro atoms. The van der Waals surface area contributed by atoms with Crippen LogP contribution in [-0.4, -0.2) is 35.3 Å². The number of carbonyl (C=O) groups excluding carboxylic acids is 2. The monoisotopic (exact) mass is 238 g/mol. The molecule has 0 radical (unpaired) electrons. The molecule has 1 saturated carbocycles. The Morgan fingerprint density at radius 1 is 1.29 bits per heavy atom. The fourth-order valence-corrected chi connectivity index (χ4v) is 2.48. The summed E-state index contributed by atoms with van der Waals surface area (Å²) in [5.41, 5.74) is 0. The Hall–Kier alpha value is -1.06. The first-order chi connectivity index (χ1) is 7.99. The van der Waals surface area contributed by atoms with E-state index >= 15 is 0 Å². The van der Waals surface area contributed by atoms with Gasteiger partial charge in [-0.2, -0.15) is 0 Å². The maximum atomic E-state index is 12.3. The molecule has 96 valence electrons.